The topological polar surface area (TPSA) is 75.7 Å². The third-order valence-electron chi connectivity index (χ3n) is 5.92. The second kappa shape index (κ2) is 7.80. The van der Waals surface area contributed by atoms with Crippen molar-refractivity contribution in [2.45, 2.75) is 69.9 Å². The highest BCUT2D eigenvalue weighted by atomic mass is 16.5. The Bertz CT molecular complexity index is 603. The van der Waals surface area contributed by atoms with E-state index >= 15 is 0 Å². The van der Waals surface area contributed by atoms with Gasteiger partial charge in [0.1, 0.15) is 11.6 Å². The first-order chi connectivity index (χ1) is 12.5. The van der Waals surface area contributed by atoms with Gasteiger partial charge in [0.05, 0.1) is 7.11 Å². The van der Waals surface area contributed by atoms with E-state index in [1.54, 1.807) is 4.90 Å². The monoisotopic (exact) mass is 362 g/mol. The minimum atomic E-state index is -0.955. The van der Waals surface area contributed by atoms with Gasteiger partial charge in [0.15, 0.2) is 0 Å². The molecule has 0 aromatic carbocycles. The quantitative estimate of drug-likeness (QED) is 0.573. The minimum absolute atomic E-state index is 0.0213. The highest BCUT2D eigenvalue weighted by Crippen LogP contribution is 2.46. The summed E-state index contributed by atoms with van der Waals surface area (Å²) in [5, 5.41) is 2.94. The zero-order valence-electron chi connectivity index (χ0n) is 15.8. The Morgan fingerprint density at radius 1 is 1.27 bits per heavy atom. The Labute approximate surface area is 155 Å². The van der Waals surface area contributed by atoms with Crippen molar-refractivity contribution in [2.75, 3.05) is 13.7 Å². The zero-order chi connectivity index (χ0) is 18.7. The lowest BCUT2D eigenvalue weighted by atomic mass is 10.1. The molecule has 3 rings (SSSR count). The first-order valence-electron chi connectivity index (χ1n) is 9.84. The number of carbonyl (C=O) groups excluding carboxylic acids is 3. The van der Waals surface area contributed by atoms with Gasteiger partial charge in [-0.3, -0.25) is 9.59 Å². The van der Waals surface area contributed by atoms with E-state index in [-0.39, 0.29) is 23.7 Å². The van der Waals surface area contributed by atoms with Gasteiger partial charge in [-0.2, -0.15) is 0 Å². The summed E-state index contributed by atoms with van der Waals surface area (Å²) in [6, 6.07) is -0.477. The van der Waals surface area contributed by atoms with E-state index in [4.69, 9.17) is 4.74 Å². The Kier molecular flexibility index (Phi) is 5.68. The summed E-state index contributed by atoms with van der Waals surface area (Å²) in [6.07, 6.45) is 10.9. The summed E-state index contributed by atoms with van der Waals surface area (Å²) >= 11 is 0. The molecule has 6 nitrogen and oxygen atoms in total. The van der Waals surface area contributed by atoms with E-state index in [9.17, 15) is 14.4 Å². The number of nitrogens with zero attached hydrogens (tertiary/aromatic N) is 1. The van der Waals surface area contributed by atoms with Gasteiger partial charge >= 0.3 is 5.97 Å². The lowest BCUT2D eigenvalue weighted by Gasteiger charge is -2.26. The number of ether oxygens (including phenoxy) is 1. The van der Waals surface area contributed by atoms with Crippen LogP contribution in [-0.2, 0) is 19.1 Å². The lowest BCUT2D eigenvalue weighted by Crippen LogP contribution is -2.53. The van der Waals surface area contributed by atoms with Gasteiger partial charge in [-0.05, 0) is 38.0 Å². The number of hydrogen-bond acceptors (Lipinski definition) is 4. The average molecular weight is 362 g/mol. The van der Waals surface area contributed by atoms with Crippen LogP contribution in [0.4, 0.5) is 0 Å². The molecule has 6 heteroatoms. The fourth-order valence-electron chi connectivity index (χ4n) is 4.30. The molecule has 2 heterocycles. The summed E-state index contributed by atoms with van der Waals surface area (Å²) in [4.78, 5) is 39.6. The van der Waals surface area contributed by atoms with Crippen LogP contribution in [0.5, 0.6) is 0 Å². The normalized spacial score (nSPS) is 36.8. The fraction of sp³-hybridized carbons (Fsp3) is 0.750. The zero-order valence-corrected chi connectivity index (χ0v) is 15.8. The number of fused-ring (bicyclic) bond motifs is 2. The van der Waals surface area contributed by atoms with Gasteiger partial charge in [-0.15, -0.1) is 0 Å². The van der Waals surface area contributed by atoms with E-state index in [1.807, 2.05) is 6.08 Å². The van der Waals surface area contributed by atoms with E-state index in [1.165, 1.54) is 7.11 Å². The first kappa shape index (κ1) is 18.9. The SMILES string of the molecule is COC(=O)C12CC1/C=C\CCCCCCC(=O)N1C[C@H](C)C[C@H]1C(=O)N2. The summed E-state index contributed by atoms with van der Waals surface area (Å²) < 4.78 is 4.96. The number of nitrogens with one attached hydrogen (secondary N) is 1. The summed E-state index contributed by atoms with van der Waals surface area (Å²) in [6.45, 7) is 2.68. The van der Waals surface area contributed by atoms with Crippen molar-refractivity contribution in [3.05, 3.63) is 12.2 Å². The van der Waals surface area contributed by atoms with Crippen molar-refractivity contribution in [2.24, 2.45) is 11.8 Å². The molecular formula is C20H30N2O4. The van der Waals surface area contributed by atoms with Crippen LogP contribution in [0.25, 0.3) is 0 Å². The van der Waals surface area contributed by atoms with Crippen LogP contribution in [-0.4, -0.2) is 47.9 Å². The maximum absolute atomic E-state index is 13.0. The van der Waals surface area contributed by atoms with Crippen molar-refractivity contribution in [3.63, 3.8) is 0 Å². The van der Waals surface area contributed by atoms with Crippen molar-refractivity contribution < 1.29 is 19.1 Å². The number of esters is 1. The summed E-state index contributed by atoms with van der Waals surface area (Å²) in [5.41, 5.74) is -0.955. The molecule has 0 bridgehead atoms. The highest BCUT2D eigenvalue weighted by molar-refractivity contribution is 5.95. The van der Waals surface area contributed by atoms with Crippen LogP contribution >= 0.6 is 0 Å². The lowest BCUT2D eigenvalue weighted by molar-refractivity contribution is -0.148. The molecule has 2 unspecified atom stereocenters. The highest BCUT2D eigenvalue weighted by Gasteiger charge is 2.61. The fourth-order valence-corrected chi connectivity index (χ4v) is 4.30. The average Bonchev–Trinajstić information content (AvgIpc) is 3.16. The van der Waals surface area contributed by atoms with E-state index in [0.29, 0.717) is 25.8 Å². The van der Waals surface area contributed by atoms with Crippen molar-refractivity contribution in [1.29, 1.82) is 0 Å². The molecule has 3 aliphatic rings. The molecule has 144 valence electrons. The van der Waals surface area contributed by atoms with Crippen molar-refractivity contribution >= 4 is 17.8 Å². The van der Waals surface area contributed by atoms with Gasteiger partial charge in [-0.1, -0.05) is 31.9 Å². The van der Waals surface area contributed by atoms with Crippen LogP contribution in [0.1, 0.15) is 58.3 Å². The molecule has 1 saturated carbocycles. The molecule has 1 saturated heterocycles. The van der Waals surface area contributed by atoms with Crippen LogP contribution < -0.4 is 5.32 Å². The number of amides is 2. The molecule has 0 aromatic rings. The number of methoxy groups -OCH3 is 1. The Balaban J connectivity index is 1.81. The van der Waals surface area contributed by atoms with Crippen LogP contribution in [0.2, 0.25) is 0 Å². The Morgan fingerprint density at radius 2 is 2.04 bits per heavy atom. The molecule has 4 atom stereocenters. The molecule has 2 amide bonds. The molecule has 0 radical (unpaired) electrons. The predicted octanol–water partition coefficient (Wildman–Crippen LogP) is 2.18. The molecule has 2 aliphatic heterocycles. The number of allylic oxidation sites excluding steroid dienone is 1. The minimum Gasteiger partial charge on any atom is -0.467 e. The van der Waals surface area contributed by atoms with Crippen molar-refractivity contribution in [1.82, 2.24) is 10.2 Å². The number of hydrogen-bond donors (Lipinski definition) is 1. The molecule has 26 heavy (non-hydrogen) atoms. The van der Waals surface area contributed by atoms with Crippen LogP contribution in [0.3, 0.4) is 0 Å². The Hall–Kier alpha value is -1.85. The van der Waals surface area contributed by atoms with Crippen LogP contribution in [0.15, 0.2) is 12.2 Å². The third kappa shape index (κ3) is 3.79. The largest absolute Gasteiger partial charge is 0.467 e. The number of rotatable bonds is 1. The van der Waals surface area contributed by atoms with E-state index < -0.39 is 17.6 Å². The van der Waals surface area contributed by atoms with Crippen molar-refractivity contribution in [3.8, 4) is 0 Å². The molecule has 0 spiro atoms. The van der Waals surface area contributed by atoms with Gasteiger partial charge in [0.2, 0.25) is 11.8 Å². The van der Waals surface area contributed by atoms with E-state index in [2.05, 4.69) is 18.3 Å². The molecule has 0 aromatic heterocycles. The summed E-state index contributed by atoms with van der Waals surface area (Å²) in [7, 11) is 1.35. The maximum Gasteiger partial charge on any atom is 0.332 e. The molecule has 1 aliphatic carbocycles. The molecule has 2 fully saturated rings. The maximum atomic E-state index is 13.0. The third-order valence-corrected chi connectivity index (χ3v) is 5.92. The number of carbonyl (C=O) groups is 3. The molecular weight excluding hydrogens is 332 g/mol. The van der Waals surface area contributed by atoms with Gasteiger partial charge in [0.25, 0.3) is 0 Å². The van der Waals surface area contributed by atoms with Gasteiger partial charge in [-0.25, -0.2) is 4.79 Å². The second-order valence-electron chi connectivity index (χ2n) is 8.05. The standard InChI is InChI=1S/C20H30N2O4/c1-14-11-16-18(24)21-20(19(25)26-2)12-15(20)9-7-5-3-4-6-8-10-17(23)22(16)13-14/h7,9,14-16H,3-6,8,10-13H2,1-2H3,(H,21,24)/b9-7-/t14-,15?,16+,20?/m1/s1. The summed E-state index contributed by atoms with van der Waals surface area (Å²) in [5.74, 6) is -0.292. The van der Waals surface area contributed by atoms with Gasteiger partial charge in [0, 0.05) is 18.9 Å². The Morgan fingerprint density at radius 3 is 2.81 bits per heavy atom. The smallest absolute Gasteiger partial charge is 0.332 e. The van der Waals surface area contributed by atoms with Crippen LogP contribution in [0, 0.1) is 11.8 Å². The van der Waals surface area contributed by atoms with Gasteiger partial charge < -0.3 is 15.0 Å². The molecule has 1 N–H and O–H groups in total. The first-order valence-corrected chi connectivity index (χ1v) is 9.84. The van der Waals surface area contributed by atoms with E-state index in [0.717, 1.165) is 32.1 Å². The second-order valence-corrected chi connectivity index (χ2v) is 8.05. The predicted molar refractivity (Wildman–Crippen MR) is 97.1 cm³/mol.